The minimum absolute atomic E-state index is 0.267. The molecule has 4 nitrogen and oxygen atoms in total. The molecule has 0 spiro atoms. The molecule has 1 aliphatic rings. The molecular formula is C10H16N2O2. The van der Waals surface area contributed by atoms with Gasteiger partial charge in [0.05, 0.1) is 24.6 Å². The lowest BCUT2D eigenvalue weighted by atomic mass is 9.85. The molecular weight excluding hydrogens is 180 g/mol. The van der Waals surface area contributed by atoms with Crippen LogP contribution in [0.25, 0.3) is 0 Å². The van der Waals surface area contributed by atoms with Crippen LogP contribution in [0.4, 0.5) is 0 Å². The molecule has 0 aromatic rings. The van der Waals surface area contributed by atoms with Gasteiger partial charge in [-0.25, -0.2) is 0 Å². The first-order chi connectivity index (χ1) is 6.60. The van der Waals surface area contributed by atoms with Crippen molar-refractivity contribution in [3.05, 3.63) is 12.2 Å². The summed E-state index contributed by atoms with van der Waals surface area (Å²) >= 11 is 0. The van der Waals surface area contributed by atoms with E-state index in [2.05, 4.69) is 4.99 Å². The Labute approximate surface area is 83.8 Å². The molecule has 14 heavy (non-hydrogen) atoms. The van der Waals surface area contributed by atoms with E-state index in [0.29, 0.717) is 13.2 Å². The van der Waals surface area contributed by atoms with Crippen LogP contribution in [0.1, 0.15) is 13.8 Å². The van der Waals surface area contributed by atoms with Crippen LogP contribution in [0.2, 0.25) is 0 Å². The standard InChI is InChI=1S/C10H16N2O2/c1-3-14-9(13)8(2)10(11)5-4-6-12-7-10/h4-6,8H,3,7,11H2,1-2H3/t8?,10-/m0/s1. The molecule has 1 rings (SSSR count). The van der Waals surface area contributed by atoms with E-state index in [-0.39, 0.29) is 11.9 Å². The molecule has 78 valence electrons. The molecule has 2 N–H and O–H groups in total. The molecule has 2 atom stereocenters. The van der Waals surface area contributed by atoms with E-state index in [1.807, 2.05) is 6.08 Å². The number of allylic oxidation sites excluding steroid dienone is 1. The molecule has 0 aromatic heterocycles. The summed E-state index contributed by atoms with van der Waals surface area (Å²) in [5.74, 6) is -0.632. The van der Waals surface area contributed by atoms with Gasteiger partial charge in [-0.05, 0) is 19.9 Å². The number of carbonyl (C=O) groups is 1. The Balaban J connectivity index is 2.67. The molecule has 0 aliphatic carbocycles. The van der Waals surface area contributed by atoms with Crippen molar-refractivity contribution < 1.29 is 9.53 Å². The van der Waals surface area contributed by atoms with Crippen LogP contribution in [0, 0.1) is 5.92 Å². The van der Waals surface area contributed by atoms with E-state index < -0.39 is 5.54 Å². The Hall–Kier alpha value is -1.16. The Kier molecular flexibility index (Phi) is 3.41. The Morgan fingerprint density at radius 3 is 3.00 bits per heavy atom. The minimum Gasteiger partial charge on any atom is -0.466 e. The highest BCUT2D eigenvalue weighted by molar-refractivity contribution is 5.77. The molecule has 1 heterocycles. The molecule has 0 bridgehead atoms. The van der Waals surface area contributed by atoms with Crippen molar-refractivity contribution in [3.8, 4) is 0 Å². The molecule has 4 heteroatoms. The summed E-state index contributed by atoms with van der Waals surface area (Å²) in [4.78, 5) is 15.5. The van der Waals surface area contributed by atoms with Crippen molar-refractivity contribution in [3.63, 3.8) is 0 Å². The fourth-order valence-electron chi connectivity index (χ4n) is 1.31. The van der Waals surface area contributed by atoms with Crippen LogP contribution in [0.15, 0.2) is 17.1 Å². The second-order valence-corrected chi connectivity index (χ2v) is 3.43. The predicted octanol–water partition coefficient (Wildman–Crippen LogP) is 0.524. The number of esters is 1. The van der Waals surface area contributed by atoms with Gasteiger partial charge in [-0.3, -0.25) is 9.79 Å². The number of nitrogens with two attached hydrogens (primary N) is 1. The Bertz CT molecular complexity index is 273. The van der Waals surface area contributed by atoms with Crippen molar-refractivity contribution in [2.24, 2.45) is 16.6 Å². The second-order valence-electron chi connectivity index (χ2n) is 3.43. The fourth-order valence-corrected chi connectivity index (χ4v) is 1.31. The van der Waals surface area contributed by atoms with Crippen LogP contribution in [-0.4, -0.2) is 30.9 Å². The molecule has 0 amide bonds. The van der Waals surface area contributed by atoms with E-state index in [4.69, 9.17) is 10.5 Å². The number of hydrogen-bond acceptors (Lipinski definition) is 4. The summed E-state index contributed by atoms with van der Waals surface area (Å²) < 4.78 is 4.92. The smallest absolute Gasteiger partial charge is 0.310 e. The molecule has 0 fully saturated rings. The zero-order valence-corrected chi connectivity index (χ0v) is 8.56. The topological polar surface area (TPSA) is 64.7 Å². The largest absolute Gasteiger partial charge is 0.466 e. The predicted molar refractivity (Wildman–Crippen MR) is 55.2 cm³/mol. The summed E-state index contributed by atoms with van der Waals surface area (Å²) in [6.45, 7) is 4.36. The number of hydrogen-bond donors (Lipinski definition) is 1. The molecule has 0 saturated heterocycles. The SMILES string of the molecule is CCOC(=O)C(C)[C@]1(N)C=CC=NC1. The fraction of sp³-hybridized carbons (Fsp3) is 0.600. The van der Waals surface area contributed by atoms with E-state index in [1.165, 1.54) is 0 Å². The van der Waals surface area contributed by atoms with E-state index in [0.717, 1.165) is 0 Å². The maximum atomic E-state index is 11.5. The summed E-state index contributed by atoms with van der Waals surface area (Å²) in [7, 11) is 0. The van der Waals surface area contributed by atoms with Crippen LogP contribution < -0.4 is 5.73 Å². The van der Waals surface area contributed by atoms with E-state index >= 15 is 0 Å². The van der Waals surface area contributed by atoms with E-state index in [1.54, 1.807) is 26.1 Å². The first-order valence-electron chi connectivity index (χ1n) is 4.73. The summed E-state index contributed by atoms with van der Waals surface area (Å²) in [6, 6.07) is 0. The number of carbonyl (C=O) groups excluding carboxylic acids is 1. The zero-order valence-electron chi connectivity index (χ0n) is 8.56. The Morgan fingerprint density at radius 1 is 1.79 bits per heavy atom. The third-order valence-corrected chi connectivity index (χ3v) is 2.41. The van der Waals surface area contributed by atoms with E-state index in [9.17, 15) is 4.79 Å². The molecule has 0 saturated carbocycles. The van der Waals surface area contributed by atoms with Gasteiger partial charge < -0.3 is 10.5 Å². The van der Waals surface area contributed by atoms with Gasteiger partial charge in [-0.2, -0.15) is 0 Å². The van der Waals surface area contributed by atoms with Crippen molar-refractivity contribution in [1.29, 1.82) is 0 Å². The minimum atomic E-state index is -0.693. The number of ether oxygens (including phenoxy) is 1. The van der Waals surface area contributed by atoms with Crippen molar-refractivity contribution in [1.82, 2.24) is 0 Å². The number of nitrogens with zero attached hydrogens (tertiary/aromatic N) is 1. The highest BCUT2D eigenvalue weighted by Crippen LogP contribution is 2.20. The molecule has 1 unspecified atom stereocenters. The van der Waals surface area contributed by atoms with Gasteiger partial charge in [0.1, 0.15) is 0 Å². The quantitative estimate of drug-likeness (QED) is 0.669. The van der Waals surface area contributed by atoms with Gasteiger partial charge in [0, 0.05) is 6.21 Å². The molecule has 1 aliphatic heterocycles. The van der Waals surface area contributed by atoms with Crippen molar-refractivity contribution >= 4 is 12.2 Å². The van der Waals surface area contributed by atoms with Crippen LogP contribution in [-0.2, 0) is 9.53 Å². The highest BCUT2D eigenvalue weighted by atomic mass is 16.5. The number of dihydropyridines is 1. The highest BCUT2D eigenvalue weighted by Gasteiger charge is 2.35. The second kappa shape index (κ2) is 4.37. The lowest BCUT2D eigenvalue weighted by Gasteiger charge is -2.30. The average Bonchev–Trinajstić information content (AvgIpc) is 2.18. The Morgan fingerprint density at radius 2 is 2.50 bits per heavy atom. The first-order valence-corrected chi connectivity index (χ1v) is 4.73. The molecule has 0 aromatic carbocycles. The van der Waals surface area contributed by atoms with Gasteiger partial charge in [0.25, 0.3) is 0 Å². The van der Waals surface area contributed by atoms with Crippen LogP contribution in [0.5, 0.6) is 0 Å². The molecule has 0 radical (unpaired) electrons. The van der Waals surface area contributed by atoms with Crippen molar-refractivity contribution in [2.45, 2.75) is 19.4 Å². The van der Waals surface area contributed by atoms with Gasteiger partial charge in [0.15, 0.2) is 0 Å². The maximum absolute atomic E-state index is 11.5. The number of rotatable bonds is 3. The van der Waals surface area contributed by atoms with Gasteiger partial charge in [-0.1, -0.05) is 6.08 Å². The normalized spacial score (nSPS) is 27.4. The zero-order chi connectivity index (χ0) is 10.6. The van der Waals surface area contributed by atoms with Gasteiger partial charge >= 0.3 is 5.97 Å². The first kappa shape index (κ1) is 10.9. The maximum Gasteiger partial charge on any atom is 0.310 e. The monoisotopic (exact) mass is 196 g/mol. The van der Waals surface area contributed by atoms with Gasteiger partial charge in [0.2, 0.25) is 0 Å². The number of aliphatic imine (C=N–C) groups is 1. The third kappa shape index (κ3) is 2.20. The lowest BCUT2D eigenvalue weighted by Crippen LogP contribution is -2.51. The summed E-state index contributed by atoms with van der Waals surface area (Å²) in [5, 5.41) is 0. The third-order valence-electron chi connectivity index (χ3n) is 2.41. The average molecular weight is 196 g/mol. The van der Waals surface area contributed by atoms with Crippen molar-refractivity contribution in [2.75, 3.05) is 13.2 Å². The van der Waals surface area contributed by atoms with Crippen LogP contribution >= 0.6 is 0 Å². The van der Waals surface area contributed by atoms with Crippen LogP contribution in [0.3, 0.4) is 0 Å². The summed E-state index contributed by atoms with van der Waals surface area (Å²) in [5.41, 5.74) is 5.34. The van der Waals surface area contributed by atoms with Gasteiger partial charge in [-0.15, -0.1) is 0 Å². The summed E-state index contributed by atoms with van der Waals surface area (Å²) in [6.07, 6.45) is 5.25. The lowest BCUT2D eigenvalue weighted by molar-refractivity contribution is -0.149.